The minimum absolute atomic E-state index is 0.108. The Kier molecular flexibility index (Phi) is 9.30. The maximum Gasteiger partial charge on any atom is 0.244 e. The molecule has 0 unspecified atom stereocenters. The molecule has 0 bridgehead atoms. The van der Waals surface area contributed by atoms with Crippen LogP contribution in [0.1, 0.15) is 26.3 Å². The third kappa shape index (κ3) is 7.46. The van der Waals surface area contributed by atoms with Gasteiger partial charge in [-0.25, -0.2) is 8.42 Å². The van der Waals surface area contributed by atoms with E-state index in [0.717, 1.165) is 20.6 Å². The molecular weight excluding hydrogens is 510 g/mol. The van der Waals surface area contributed by atoms with Gasteiger partial charge in [-0.1, -0.05) is 40.2 Å². The number of methoxy groups -OCH3 is 1. The van der Waals surface area contributed by atoms with Crippen molar-refractivity contribution in [2.45, 2.75) is 39.4 Å². The van der Waals surface area contributed by atoms with Crippen LogP contribution < -0.4 is 14.4 Å². The first-order valence-electron chi connectivity index (χ1n) is 10.4. The second-order valence-electron chi connectivity index (χ2n) is 7.93. The highest BCUT2D eigenvalue weighted by molar-refractivity contribution is 9.10. The number of carbonyl (C=O) groups excluding carboxylic acids is 2. The zero-order valence-corrected chi connectivity index (χ0v) is 21.8. The van der Waals surface area contributed by atoms with Gasteiger partial charge in [0.1, 0.15) is 18.3 Å². The predicted molar refractivity (Wildman–Crippen MR) is 133 cm³/mol. The molecule has 180 valence electrons. The summed E-state index contributed by atoms with van der Waals surface area (Å²) in [7, 11) is -2.40. The van der Waals surface area contributed by atoms with Crippen LogP contribution in [0.3, 0.4) is 0 Å². The largest absolute Gasteiger partial charge is 0.495 e. The summed E-state index contributed by atoms with van der Waals surface area (Å²) in [5.74, 6) is -0.519. The Bertz CT molecular complexity index is 1090. The van der Waals surface area contributed by atoms with Crippen molar-refractivity contribution < 1.29 is 22.7 Å². The topological polar surface area (TPSA) is 96.0 Å². The molecule has 0 fully saturated rings. The number of rotatable bonds is 10. The molecule has 0 radical (unpaired) electrons. The van der Waals surface area contributed by atoms with Crippen LogP contribution in [0.4, 0.5) is 5.69 Å². The van der Waals surface area contributed by atoms with E-state index < -0.39 is 28.5 Å². The van der Waals surface area contributed by atoms with Crippen molar-refractivity contribution in [3.63, 3.8) is 0 Å². The van der Waals surface area contributed by atoms with E-state index in [1.54, 1.807) is 31.2 Å². The minimum Gasteiger partial charge on any atom is -0.495 e. The molecule has 0 saturated carbocycles. The number of para-hydroxylation sites is 2. The van der Waals surface area contributed by atoms with Crippen molar-refractivity contribution in [2.24, 2.45) is 0 Å². The summed E-state index contributed by atoms with van der Waals surface area (Å²) in [5, 5.41) is 2.81. The standard InChI is InChI=1S/C23H30BrN3O5S/c1-16(2)25-23(29)17(3)26(14-18-9-8-10-19(24)13-18)22(28)15-27(33(5,30)31)20-11-6-7-12-21(20)32-4/h6-13,16-17H,14-15H2,1-5H3,(H,25,29)/t17-/m0/s1. The SMILES string of the molecule is COc1ccccc1N(CC(=O)N(Cc1cccc(Br)c1)[C@@H](C)C(=O)NC(C)C)S(C)(=O)=O. The monoisotopic (exact) mass is 539 g/mol. The number of halogens is 1. The normalized spacial score (nSPS) is 12.2. The summed E-state index contributed by atoms with van der Waals surface area (Å²) < 4.78 is 32.4. The third-order valence-electron chi connectivity index (χ3n) is 4.87. The highest BCUT2D eigenvalue weighted by atomic mass is 79.9. The van der Waals surface area contributed by atoms with Gasteiger partial charge in [0, 0.05) is 17.1 Å². The fraction of sp³-hybridized carbons (Fsp3) is 0.391. The number of benzene rings is 2. The first-order valence-corrected chi connectivity index (χ1v) is 13.0. The number of sulfonamides is 1. The van der Waals surface area contributed by atoms with Crippen LogP contribution >= 0.6 is 15.9 Å². The molecule has 0 aromatic heterocycles. The van der Waals surface area contributed by atoms with Crippen molar-refractivity contribution in [3.05, 3.63) is 58.6 Å². The van der Waals surface area contributed by atoms with E-state index in [9.17, 15) is 18.0 Å². The number of ether oxygens (including phenoxy) is 1. The minimum atomic E-state index is -3.83. The third-order valence-corrected chi connectivity index (χ3v) is 6.49. The van der Waals surface area contributed by atoms with Gasteiger partial charge in [-0.2, -0.15) is 0 Å². The lowest BCUT2D eigenvalue weighted by Gasteiger charge is -2.32. The molecule has 0 saturated heterocycles. The molecule has 2 aromatic rings. The molecule has 0 aliphatic heterocycles. The van der Waals surface area contributed by atoms with E-state index in [2.05, 4.69) is 21.2 Å². The fourth-order valence-electron chi connectivity index (χ4n) is 3.25. The molecule has 1 atom stereocenters. The number of amides is 2. The number of carbonyl (C=O) groups is 2. The van der Waals surface area contributed by atoms with E-state index in [1.807, 2.05) is 38.1 Å². The Balaban J connectivity index is 2.43. The molecule has 1 N–H and O–H groups in total. The van der Waals surface area contributed by atoms with Gasteiger partial charge in [-0.3, -0.25) is 13.9 Å². The molecule has 0 aliphatic rings. The van der Waals surface area contributed by atoms with Gasteiger partial charge in [0.25, 0.3) is 0 Å². The molecule has 2 rings (SSSR count). The maximum absolute atomic E-state index is 13.5. The molecule has 2 aromatic carbocycles. The average Bonchev–Trinajstić information content (AvgIpc) is 2.74. The van der Waals surface area contributed by atoms with Crippen LogP contribution in [-0.2, 0) is 26.2 Å². The Morgan fingerprint density at radius 1 is 1.09 bits per heavy atom. The van der Waals surface area contributed by atoms with Gasteiger partial charge < -0.3 is 15.0 Å². The van der Waals surface area contributed by atoms with Crippen molar-refractivity contribution in [1.29, 1.82) is 0 Å². The molecular formula is C23H30BrN3O5S. The zero-order valence-electron chi connectivity index (χ0n) is 19.4. The highest BCUT2D eigenvalue weighted by Gasteiger charge is 2.31. The van der Waals surface area contributed by atoms with Crippen molar-refractivity contribution in [1.82, 2.24) is 10.2 Å². The number of hydrogen-bond acceptors (Lipinski definition) is 5. The number of nitrogens with one attached hydrogen (secondary N) is 1. The van der Waals surface area contributed by atoms with Crippen LogP contribution in [0.15, 0.2) is 53.0 Å². The van der Waals surface area contributed by atoms with Crippen LogP contribution in [-0.4, -0.2) is 57.1 Å². The smallest absolute Gasteiger partial charge is 0.244 e. The van der Waals surface area contributed by atoms with Crippen LogP contribution in [0.5, 0.6) is 5.75 Å². The number of hydrogen-bond donors (Lipinski definition) is 1. The number of nitrogens with zero attached hydrogens (tertiary/aromatic N) is 2. The van der Waals surface area contributed by atoms with Crippen LogP contribution in [0.2, 0.25) is 0 Å². The van der Waals surface area contributed by atoms with Crippen molar-refractivity contribution in [2.75, 3.05) is 24.2 Å². The molecule has 0 spiro atoms. The van der Waals surface area contributed by atoms with Crippen LogP contribution in [0, 0.1) is 0 Å². The summed E-state index contributed by atoms with van der Waals surface area (Å²) in [5.41, 5.74) is 1.04. The Hall–Kier alpha value is -2.59. The van der Waals surface area contributed by atoms with E-state index in [0.29, 0.717) is 5.75 Å². The van der Waals surface area contributed by atoms with E-state index in [1.165, 1.54) is 12.0 Å². The second-order valence-corrected chi connectivity index (χ2v) is 10.8. The van der Waals surface area contributed by atoms with Crippen LogP contribution in [0.25, 0.3) is 0 Å². The van der Waals surface area contributed by atoms with Gasteiger partial charge in [-0.05, 0) is 50.6 Å². The average molecular weight is 540 g/mol. The van der Waals surface area contributed by atoms with E-state index in [-0.39, 0.29) is 24.2 Å². The van der Waals surface area contributed by atoms with Crippen molar-refractivity contribution >= 4 is 43.5 Å². The molecule has 0 aliphatic carbocycles. The van der Waals surface area contributed by atoms with Gasteiger partial charge >= 0.3 is 0 Å². The summed E-state index contributed by atoms with van der Waals surface area (Å²) in [6.45, 7) is 4.94. The lowest BCUT2D eigenvalue weighted by Crippen LogP contribution is -2.52. The quantitative estimate of drug-likeness (QED) is 0.500. The predicted octanol–water partition coefficient (Wildman–Crippen LogP) is 3.17. The summed E-state index contributed by atoms with van der Waals surface area (Å²) in [6, 6.07) is 13.0. The molecule has 33 heavy (non-hydrogen) atoms. The fourth-order valence-corrected chi connectivity index (χ4v) is 4.55. The molecule has 2 amide bonds. The Morgan fingerprint density at radius 2 is 1.76 bits per heavy atom. The van der Waals surface area contributed by atoms with E-state index >= 15 is 0 Å². The lowest BCUT2D eigenvalue weighted by molar-refractivity contribution is -0.139. The Morgan fingerprint density at radius 3 is 2.33 bits per heavy atom. The highest BCUT2D eigenvalue weighted by Crippen LogP contribution is 2.29. The molecule has 8 nitrogen and oxygen atoms in total. The summed E-state index contributed by atoms with van der Waals surface area (Å²) in [4.78, 5) is 27.6. The zero-order chi connectivity index (χ0) is 24.8. The molecule has 0 heterocycles. The van der Waals surface area contributed by atoms with Gasteiger partial charge in [0.05, 0.1) is 19.1 Å². The van der Waals surface area contributed by atoms with E-state index in [4.69, 9.17) is 4.74 Å². The summed E-state index contributed by atoms with van der Waals surface area (Å²) >= 11 is 3.42. The summed E-state index contributed by atoms with van der Waals surface area (Å²) in [6.07, 6.45) is 1.03. The van der Waals surface area contributed by atoms with Crippen molar-refractivity contribution in [3.8, 4) is 5.75 Å². The first kappa shape index (κ1) is 26.7. The van der Waals surface area contributed by atoms with Gasteiger partial charge in [0.15, 0.2) is 0 Å². The van der Waals surface area contributed by atoms with Gasteiger partial charge in [-0.15, -0.1) is 0 Å². The van der Waals surface area contributed by atoms with Gasteiger partial charge in [0.2, 0.25) is 21.8 Å². The maximum atomic E-state index is 13.5. The second kappa shape index (κ2) is 11.5. The lowest BCUT2D eigenvalue weighted by atomic mass is 10.1. The first-order chi connectivity index (χ1) is 15.4. The Labute approximate surface area is 204 Å². The molecule has 10 heteroatoms. The number of anilines is 1.